The monoisotopic (exact) mass is 237 g/mol. The van der Waals surface area contributed by atoms with Crippen LogP contribution >= 0.6 is 11.8 Å². The maximum absolute atomic E-state index is 10.9. The smallest absolute Gasteiger partial charge is 0.148 e. The highest BCUT2D eigenvalue weighted by atomic mass is 32.2. The van der Waals surface area contributed by atoms with Gasteiger partial charge in [0.05, 0.1) is 5.75 Å². The summed E-state index contributed by atoms with van der Waals surface area (Å²) in [4.78, 5) is 0. The molecule has 1 aliphatic rings. The minimum absolute atomic E-state index is 0.295. The second-order valence-electron chi connectivity index (χ2n) is 4.05. The molecule has 0 aromatic heterocycles. The molecule has 0 saturated heterocycles. The maximum atomic E-state index is 10.9. The van der Waals surface area contributed by atoms with Crippen LogP contribution in [-0.4, -0.2) is 37.5 Å². The van der Waals surface area contributed by atoms with Crippen molar-refractivity contribution in [3.63, 3.8) is 0 Å². The minimum atomic E-state index is -2.79. The van der Waals surface area contributed by atoms with Gasteiger partial charge in [0.1, 0.15) is 9.84 Å². The van der Waals surface area contributed by atoms with Gasteiger partial charge in [0.2, 0.25) is 0 Å². The molecule has 0 bridgehead atoms. The van der Waals surface area contributed by atoms with Crippen LogP contribution in [-0.2, 0) is 9.84 Å². The van der Waals surface area contributed by atoms with Gasteiger partial charge in [-0.05, 0) is 19.3 Å². The Morgan fingerprint density at radius 1 is 1.43 bits per heavy atom. The Kier molecular flexibility index (Phi) is 4.73. The molecular formula is C9H19NO2S2. The highest BCUT2D eigenvalue weighted by molar-refractivity contribution is 8.01. The van der Waals surface area contributed by atoms with Crippen molar-refractivity contribution < 1.29 is 8.42 Å². The second kappa shape index (κ2) is 5.37. The van der Waals surface area contributed by atoms with E-state index in [1.54, 1.807) is 11.8 Å². The first-order valence-corrected chi connectivity index (χ1v) is 8.13. The molecule has 1 saturated carbocycles. The van der Waals surface area contributed by atoms with Crippen LogP contribution in [0.25, 0.3) is 0 Å². The third kappa shape index (κ3) is 5.22. The summed E-state index contributed by atoms with van der Waals surface area (Å²) < 4.78 is 21.8. The van der Waals surface area contributed by atoms with E-state index in [2.05, 4.69) is 0 Å². The van der Waals surface area contributed by atoms with E-state index in [1.165, 1.54) is 19.1 Å². The van der Waals surface area contributed by atoms with Gasteiger partial charge in [0, 0.05) is 23.3 Å². The molecule has 5 heteroatoms. The van der Waals surface area contributed by atoms with Crippen LogP contribution in [0.5, 0.6) is 0 Å². The van der Waals surface area contributed by atoms with Crippen LogP contribution in [0.2, 0.25) is 0 Å². The highest BCUT2D eigenvalue weighted by Gasteiger charge is 2.19. The van der Waals surface area contributed by atoms with Crippen molar-refractivity contribution in [2.24, 2.45) is 5.73 Å². The first-order valence-electron chi connectivity index (χ1n) is 5.02. The fraction of sp³-hybridized carbons (Fsp3) is 1.00. The zero-order valence-electron chi connectivity index (χ0n) is 8.61. The summed E-state index contributed by atoms with van der Waals surface area (Å²) in [7, 11) is -2.79. The highest BCUT2D eigenvalue weighted by Crippen LogP contribution is 2.27. The van der Waals surface area contributed by atoms with Crippen LogP contribution in [0.4, 0.5) is 0 Å². The van der Waals surface area contributed by atoms with Gasteiger partial charge in [-0.2, -0.15) is 11.8 Å². The van der Waals surface area contributed by atoms with Gasteiger partial charge in [0.25, 0.3) is 0 Å². The molecule has 3 nitrogen and oxygen atoms in total. The Labute approximate surface area is 90.7 Å². The third-order valence-electron chi connectivity index (χ3n) is 2.47. The van der Waals surface area contributed by atoms with E-state index in [9.17, 15) is 8.42 Å². The molecule has 1 fully saturated rings. The van der Waals surface area contributed by atoms with E-state index in [4.69, 9.17) is 5.73 Å². The molecule has 0 aliphatic heterocycles. The van der Waals surface area contributed by atoms with Crippen molar-refractivity contribution in [1.29, 1.82) is 0 Å². The average molecular weight is 237 g/mol. The molecule has 84 valence electrons. The molecule has 1 rings (SSSR count). The van der Waals surface area contributed by atoms with Crippen molar-refractivity contribution >= 4 is 21.6 Å². The van der Waals surface area contributed by atoms with Gasteiger partial charge >= 0.3 is 0 Å². The van der Waals surface area contributed by atoms with Gasteiger partial charge in [-0.1, -0.05) is 6.42 Å². The lowest BCUT2D eigenvalue weighted by Gasteiger charge is -2.25. The third-order valence-corrected chi connectivity index (χ3v) is 5.02. The molecule has 0 aromatic rings. The summed E-state index contributed by atoms with van der Waals surface area (Å²) in [5, 5.41) is 0.584. The number of rotatable bonds is 4. The number of hydrogen-bond acceptors (Lipinski definition) is 4. The molecule has 2 atom stereocenters. The maximum Gasteiger partial charge on any atom is 0.148 e. The molecular weight excluding hydrogens is 218 g/mol. The van der Waals surface area contributed by atoms with Crippen LogP contribution in [0.3, 0.4) is 0 Å². The summed E-state index contributed by atoms with van der Waals surface area (Å²) in [6.45, 7) is 0. The van der Waals surface area contributed by atoms with E-state index in [0.717, 1.165) is 18.6 Å². The average Bonchev–Trinajstić information content (AvgIpc) is 2.01. The number of hydrogen-bond donors (Lipinski definition) is 1. The van der Waals surface area contributed by atoms with Crippen LogP contribution in [0.1, 0.15) is 25.7 Å². The lowest BCUT2D eigenvalue weighted by molar-refractivity contribution is 0.451. The Morgan fingerprint density at radius 2 is 2.14 bits per heavy atom. The molecule has 0 radical (unpaired) electrons. The Morgan fingerprint density at radius 3 is 2.71 bits per heavy atom. The molecule has 1 aliphatic carbocycles. The lowest BCUT2D eigenvalue weighted by atomic mass is 9.96. The van der Waals surface area contributed by atoms with Crippen LogP contribution < -0.4 is 5.73 Å². The fourth-order valence-corrected chi connectivity index (χ4v) is 4.34. The quantitative estimate of drug-likeness (QED) is 0.793. The lowest BCUT2D eigenvalue weighted by Crippen LogP contribution is -2.29. The first-order chi connectivity index (χ1) is 6.47. The number of sulfone groups is 1. The van der Waals surface area contributed by atoms with Gasteiger partial charge in [-0.15, -0.1) is 0 Å². The van der Waals surface area contributed by atoms with Gasteiger partial charge in [-0.25, -0.2) is 8.42 Å². The summed E-state index contributed by atoms with van der Waals surface area (Å²) in [5.41, 5.74) is 5.85. The summed E-state index contributed by atoms with van der Waals surface area (Å²) >= 11 is 1.77. The second-order valence-corrected chi connectivity index (χ2v) is 7.72. The molecule has 0 aromatic carbocycles. The van der Waals surface area contributed by atoms with Gasteiger partial charge < -0.3 is 5.73 Å². The molecule has 2 unspecified atom stereocenters. The van der Waals surface area contributed by atoms with Gasteiger partial charge in [-0.3, -0.25) is 0 Å². The first kappa shape index (κ1) is 12.3. The van der Waals surface area contributed by atoms with E-state index in [0.29, 0.717) is 17.0 Å². The van der Waals surface area contributed by atoms with E-state index < -0.39 is 9.84 Å². The van der Waals surface area contributed by atoms with Crippen molar-refractivity contribution in [1.82, 2.24) is 0 Å². The zero-order valence-corrected chi connectivity index (χ0v) is 10.2. The Bertz CT molecular complexity index is 264. The molecule has 0 heterocycles. The molecule has 0 spiro atoms. The minimum Gasteiger partial charge on any atom is -0.328 e. The standard InChI is InChI=1S/C9H19NO2S2/c1-14(11,12)6-5-13-9-4-2-3-8(10)7-9/h8-9H,2-7,10H2,1H3. The summed E-state index contributed by atoms with van der Waals surface area (Å²) in [6, 6.07) is 0.333. The summed E-state index contributed by atoms with van der Waals surface area (Å²) in [5.74, 6) is 1.01. The Hall–Kier alpha value is 0.260. The zero-order chi connectivity index (χ0) is 10.6. The summed E-state index contributed by atoms with van der Waals surface area (Å²) in [6.07, 6.45) is 5.86. The normalized spacial score (nSPS) is 29.0. The predicted molar refractivity (Wildman–Crippen MR) is 62.4 cm³/mol. The fourth-order valence-electron chi connectivity index (χ4n) is 1.70. The number of nitrogens with two attached hydrogens (primary N) is 1. The topological polar surface area (TPSA) is 60.2 Å². The van der Waals surface area contributed by atoms with Crippen molar-refractivity contribution in [2.45, 2.75) is 37.0 Å². The van der Waals surface area contributed by atoms with Crippen molar-refractivity contribution in [3.05, 3.63) is 0 Å². The molecule has 2 N–H and O–H groups in total. The number of thioether (sulfide) groups is 1. The molecule has 14 heavy (non-hydrogen) atoms. The van der Waals surface area contributed by atoms with E-state index in [1.807, 2.05) is 0 Å². The van der Waals surface area contributed by atoms with Crippen molar-refractivity contribution in [3.8, 4) is 0 Å². The molecule has 0 amide bonds. The van der Waals surface area contributed by atoms with Gasteiger partial charge in [0.15, 0.2) is 0 Å². The van der Waals surface area contributed by atoms with E-state index in [-0.39, 0.29) is 0 Å². The van der Waals surface area contributed by atoms with E-state index >= 15 is 0 Å². The van der Waals surface area contributed by atoms with Crippen molar-refractivity contribution in [2.75, 3.05) is 17.8 Å². The Balaban J connectivity index is 2.18. The van der Waals surface area contributed by atoms with Crippen LogP contribution in [0.15, 0.2) is 0 Å². The largest absolute Gasteiger partial charge is 0.328 e. The van der Waals surface area contributed by atoms with Crippen LogP contribution in [0, 0.1) is 0 Å². The predicted octanol–water partition coefficient (Wildman–Crippen LogP) is 1.03. The SMILES string of the molecule is CS(=O)(=O)CCSC1CCCC(N)C1.